The molecule has 0 fully saturated rings. The highest BCUT2D eigenvalue weighted by Gasteiger charge is 2.13. The molecule has 8 heteroatoms. The quantitative estimate of drug-likeness (QED) is 0.332. The third-order valence-electron chi connectivity index (χ3n) is 4.32. The predicted molar refractivity (Wildman–Crippen MR) is 119 cm³/mol. The van der Waals surface area contributed by atoms with Crippen molar-refractivity contribution >= 4 is 44.7 Å². The minimum absolute atomic E-state index is 0.307. The van der Waals surface area contributed by atoms with Gasteiger partial charge in [0.1, 0.15) is 16.8 Å². The van der Waals surface area contributed by atoms with Crippen molar-refractivity contribution in [2.45, 2.75) is 12.8 Å². The summed E-state index contributed by atoms with van der Waals surface area (Å²) in [7, 11) is 0. The Morgan fingerprint density at radius 3 is 2.72 bits per heavy atom. The number of rotatable bonds is 7. The van der Waals surface area contributed by atoms with Crippen molar-refractivity contribution in [1.29, 1.82) is 0 Å². The molecule has 6 nitrogen and oxygen atoms in total. The van der Waals surface area contributed by atoms with Crippen molar-refractivity contribution < 1.29 is 5.11 Å². The lowest BCUT2D eigenvalue weighted by atomic mass is 10.1. The third kappa shape index (κ3) is 4.55. The van der Waals surface area contributed by atoms with Gasteiger partial charge < -0.3 is 21.5 Å². The Balaban J connectivity index is 1.62. The summed E-state index contributed by atoms with van der Waals surface area (Å²) in [6.45, 7) is 0.832. The van der Waals surface area contributed by atoms with Crippen LogP contribution in [0.2, 0.25) is 5.02 Å². The molecule has 5 N–H and O–H groups in total. The number of halogens is 1. The molecule has 0 aliphatic heterocycles. The topological polar surface area (TPSA) is 96.1 Å². The molecule has 4 aromatic rings. The number of nitrogens with two attached hydrogens (primary N) is 1. The van der Waals surface area contributed by atoms with Crippen LogP contribution in [0.25, 0.3) is 21.3 Å². The van der Waals surface area contributed by atoms with Gasteiger partial charge in [0.05, 0.1) is 15.4 Å². The number of anilines is 2. The molecule has 0 saturated carbocycles. The molecule has 4 rings (SSSR count). The fraction of sp³-hybridized carbons (Fsp3) is 0.143. The maximum atomic E-state index is 9.17. The second-order valence-corrected chi connectivity index (χ2v) is 7.96. The van der Waals surface area contributed by atoms with E-state index >= 15 is 0 Å². The normalized spacial score (nSPS) is 12.2. The van der Waals surface area contributed by atoms with Gasteiger partial charge >= 0.3 is 0 Å². The largest absolute Gasteiger partial charge is 0.377 e. The van der Waals surface area contributed by atoms with Gasteiger partial charge in [-0.2, -0.15) is 0 Å². The van der Waals surface area contributed by atoms with E-state index < -0.39 is 6.23 Å². The number of aliphatic hydroxyl groups excluding tert-OH is 1. The Morgan fingerprint density at radius 1 is 1.10 bits per heavy atom. The van der Waals surface area contributed by atoms with E-state index in [1.165, 1.54) is 0 Å². The zero-order chi connectivity index (χ0) is 20.2. The Bertz CT molecular complexity index is 1120. The number of nitrogens with zero attached hydrogens (tertiary/aromatic N) is 2. The van der Waals surface area contributed by atoms with Crippen LogP contribution in [-0.4, -0.2) is 27.8 Å². The highest BCUT2D eigenvalue weighted by atomic mass is 35.5. The van der Waals surface area contributed by atoms with Crippen molar-refractivity contribution in [3.63, 3.8) is 0 Å². The second kappa shape index (κ2) is 8.86. The summed E-state index contributed by atoms with van der Waals surface area (Å²) in [6.07, 6.45) is 0.862. The van der Waals surface area contributed by atoms with Crippen LogP contribution in [0.15, 0.2) is 60.8 Å². The minimum Gasteiger partial charge on any atom is -0.377 e. The smallest absolute Gasteiger partial charge is 0.157 e. The standard InChI is InChI=1S/C21H20ClN5OS/c22-19-14(13-5-2-1-3-6-13)7-4-8-15(19)26-21-20-16(9-10-25-21)29-18(27-20)12-24-11-17(23)28/h1-10,17,24,28H,11-12,23H2,(H,25,26). The van der Waals surface area contributed by atoms with E-state index in [4.69, 9.17) is 17.3 Å². The molecule has 0 saturated heterocycles. The van der Waals surface area contributed by atoms with Crippen LogP contribution in [0, 0.1) is 0 Å². The number of thiazole rings is 1. The molecule has 0 amide bonds. The number of aromatic nitrogens is 2. The van der Waals surface area contributed by atoms with E-state index in [2.05, 4.69) is 20.6 Å². The SMILES string of the molecule is NC(O)CNCc1nc2c(Nc3cccc(-c4ccccc4)c3Cl)nccc2s1. The highest BCUT2D eigenvalue weighted by Crippen LogP contribution is 2.36. The van der Waals surface area contributed by atoms with Gasteiger partial charge in [-0.3, -0.25) is 0 Å². The van der Waals surface area contributed by atoms with Gasteiger partial charge in [-0.15, -0.1) is 11.3 Å². The van der Waals surface area contributed by atoms with Crippen molar-refractivity contribution in [3.05, 3.63) is 70.8 Å². The molecule has 2 aromatic heterocycles. The van der Waals surface area contributed by atoms with Crippen LogP contribution in [-0.2, 0) is 6.54 Å². The van der Waals surface area contributed by atoms with Crippen LogP contribution >= 0.6 is 22.9 Å². The average Bonchev–Trinajstić information content (AvgIpc) is 3.14. The van der Waals surface area contributed by atoms with Crippen molar-refractivity contribution in [1.82, 2.24) is 15.3 Å². The van der Waals surface area contributed by atoms with E-state index in [1.807, 2.05) is 54.6 Å². The van der Waals surface area contributed by atoms with Crippen LogP contribution in [0.5, 0.6) is 0 Å². The Morgan fingerprint density at radius 2 is 1.93 bits per heavy atom. The van der Waals surface area contributed by atoms with Crippen LogP contribution in [0.3, 0.4) is 0 Å². The maximum Gasteiger partial charge on any atom is 0.157 e. The van der Waals surface area contributed by atoms with Crippen LogP contribution in [0.4, 0.5) is 11.5 Å². The molecule has 1 unspecified atom stereocenters. The second-order valence-electron chi connectivity index (χ2n) is 6.47. The lowest BCUT2D eigenvalue weighted by molar-refractivity contribution is 0.179. The Labute approximate surface area is 177 Å². The molecular formula is C21H20ClN5OS. The molecule has 0 bridgehead atoms. The van der Waals surface area contributed by atoms with E-state index in [9.17, 15) is 5.11 Å². The fourth-order valence-corrected chi connectivity index (χ4v) is 4.21. The number of benzene rings is 2. The van der Waals surface area contributed by atoms with Crippen LogP contribution < -0.4 is 16.4 Å². The maximum absolute atomic E-state index is 9.17. The number of aliphatic hydroxyl groups is 1. The summed E-state index contributed by atoms with van der Waals surface area (Å²) in [5, 5.41) is 17.1. The van der Waals surface area contributed by atoms with Gasteiger partial charge in [-0.05, 0) is 17.7 Å². The number of hydrogen-bond acceptors (Lipinski definition) is 7. The first-order chi connectivity index (χ1) is 14.1. The zero-order valence-electron chi connectivity index (χ0n) is 15.5. The highest BCUT2D eigenvalue weighted by molar-refractivity contribution is 7.18. The van der Waals surface area contributed by atoms with E-state index in [0.29, 0.717) is 23.9 Å². The summed E-state index contributed by atoms with van der Waals surface area (Å²) in [5.74, 6) is 0.649. The van der Waals surface area contributed by atoms with Crippen LogP contribution in [0.1, 0.15) is 5.01 Å². The van der Waals surface area contributed by atoms with Gasteiger partial charge in [0.25, 0.3) is 0 Å². The molecule has 29 heavy (non-hydrogen) atoms. The lowest BCUT2D eigenvalue weighted by Gasteiger charge is -2.12. The van der Waals surface area contributed by atoms with Gasteiger partial charge in [-0.25, -0.2) is 9.97 Å². The molecule has 148 valence electrons. The predicted octanol–water partition coefficient (Wildman–Crippen LogP) is 4.12. The molecule has 0 aliphatic rings. The molecule has 2 heterocycles. The van der Waals surface area contributed by atoms with Gasteiger partial charge in [0.15, 0.2) is 5.82 Å². The zero-order valence-corrected chi connectivity index (χ0v) is 17.0. The van der Waals surface area contributed by atoms with E-state index in [-0.39, 0.29) is 0 Å². The summed E-state index contributed by atoms with van der Waals surface area (Å²) in [5.41, 5.74) is 8.91. The molecular weight excluding hydrogens is 406 g/mol. The minimum atomic E-state index is -0.887. The molecule has 0 spiro atoms. The van der Waals surface area contributed by atoms with Gasteiger partial charge in [0, 0.05) is 24.8 Å². The number of pyridine rings is 1. The molecule has 2 aromatic carbocycles. The first-order valence-electron chi connectivity index (χ1n) is 9.11. The van der Waals surface area contributed by atoms with Gasteiger partial charge in [-0.1, -0.05) is 54.1 Å². The van der Waals surface area contributed by atoms with E-state index in [0.717, 1.165) is 32.0 Å². The summed E-state index contributed by atoms with van der Waals surface area (Å²) >= 11 is 8.26. The summed E-state index contributed by atoms with van der Waals surface area (Å²) in [6, 6.07) is 17.8. The average molecular weight is 426 g/mol. The van der Waals surface area contributed by atoms with Crippen molar-refractivity contribution in [2.24, 2.45) is 5.73 Å². The summed E-state index contributed by atoms with van der Waals surface area (Å²) < 4.78 is 1.02. The van der Waals surface area contributed by atoms with Crippen molar-refractivity contribution in [2.75, 3.05) is 11.9 Å². The van der Waals surface area contributed by atoms with Gasteiger partial charge in [0.2, 0.25) is 0 Å². The molecule has 0 aliphatic carbocycles. The third-order valence-corrected chi connectivity index (χ3v) is 5.75. The van der Waals surface area contributed by atoms with Crippen molar-refractivity contribution in [3.8, 4) is 11.1 Å². The summed E-state index contributed by atoms with van der Waals surface area (Å²) in [4.78, 5) is 9.14. The number of hydrogen-bond donors (Lipinski definition) is 4. The fourth-order valence-electron chi connectivity index (χ4n) is 2.99. The Hall–Kier alpha value is -2.55. The number of nitrogens with one attached hydrogen (secondary N) is 2. The first-order valence-corrected chi connectivity index (χ1v) is 10.3. The van der Waals surface area contributed by atoms with E-state index in [1.54, 1.807) is 17.5 Å². The Kier molecular flexibility index (Phi) is 6.03. The monoisotopic (exact) mass is 425 g/mol. The lowest BCUT2D eigenvalue weighted by Crippen LogP contribution is -2.32. The molecule has 1 atom stereocenters. The molecule has 0 radical (unpaired) electrons. The first kappa shape index (κ1) is 19.8. The number of fused-ring (bicyclic) bond motifs is 1.